The SMILES string of the molecule is Cc1cccc(C)c1NS(=O)(=O)c1ccc(NC(=O)c2ccc(NS(C)(=O)=O)c(Cl)c2)cc1. The number of rotatable bonds is 7. The Bertz CT molecular complexity index is 1400. The number of carbonyl (C=O) groups excluding carboxylic acids is 1. The maximum absolute atomic E-state index is 12.8. The molecule has 0 heterocycles. The van der Waals surface area contributed by atoms with Crippen molar-refractivity contribution < 1.29 is 21.6 Å². The molecule has 0 saturated heterocycles. The second-order valence-corrected chi connectivity index (χ2v) is 11.3. The van der Waals surface area contributed by atoms with E-state index in [0.29, 0.717) is 11.4 Å². The van der Waals surface area contributed by atoms with Gasteiger partial charge in [-0.25, -0.2) is 16.8 Å². The topological polar surface area (TPSA) is 121 Å². The van der Waals surface area contributed by atoms with Gasteiger partial charge in [-0.05, 0) is 67.4 Å². The molecule has 3 rings (SSSR count). The van der Waals surface area contributed by atoms with Crippen molar-refractivity contribution in [1.82, 2.24) is 0 Å². The Morgan fingerprint density at radius 2 is 1.45 bits per heavy atom. The fourth-order valence-corrected chi connectivity index (χ4v) is 5.09. The molecule has 0 aromatic heterocycles. The second-order valence-electron chi connectivity index (χ2n) is 7.42. The van der Waals surface area contributed by atoms with Crippen molar-refractivity contribution in [1.29, 1.82) is 0 Å². The molecule has 8 nitrogen and oxygen atoms in total. The molecule has 0 saturated carbocycles. The summed E-state index contributed by atoms with van der Waals surface area (Å²) in [5.41, 5.74) is 2.87. The lowest BCUT2D eigenvalue weighted by Gasteiger charge is -2.13. The first-order chi connectivity index (χ1) is 15.4. The van der Waals surface area contributed by atoms with Gasteiger partial charge in [0.15, 0.2) is 0 Å². The predicted octanol–water partition coefficient (Wildman–Crippen LogP) is 4.38. The molecule has 0 atom stereocenters. The van der Waals surface area contributed by atoms with Gasteiger partial charge in [0, 0.05) is 11.3 Å². The van der Waals surface area contributed by atoms with Crippen molar-refractivity contribution in [2.24, 2.45) is 0 Å². The average Bonchev–Trinajstić information content (AvgIpc) is 2.72. The van der Waals surface area contributed by atoms with Crippen molar-refractivity contribution in [3.63, 3.8) is 0 Å². The van der Waals surface area contributed by atoms with Crippen LogP contribution in [0.5, 0.6) is 0 Å². The highest BCUT2D eigenvalue weighted by atomic mass is 35.5. The summed E-state index contributed by atoms with van der Waals surface area (Å²) in [4.78, 5) is 12.6. The van der Waals surface area contributed by atoms with Gasteiger partial charge in [0.05, 0.1) is 27.5 Å². The van der Waals surface area contributed by atoms with Gasteiger partial charge in [-0.15, -0.1) is 0 Å². The van der Waals surface area contributed by atoms with E-state index in [1.54, 1.807) is 0 Å². The molecule has 0 aliphatic carbocycles. The molecule has 0 aliphatic rings. The molecule has 0 aliphatic heterocycles. The molecule has 174 valence electrons. The summed E-state index contributed by atoms with van der Waals surface area (Å²) in [6, 6.07) is 15.3. The molecule has 0 radical (unpaired) electrons. The summed E-state index contributed by atoms with van der Waals surface area (Å²) < 4.78 is 53.1. The Kier molecular flexibility index (Phi) is 7.01. The Balaban J connectivity index is 1.74. The van der Waals surface area contributed by atoms with E-state index in [-0.39, 0.29) is 21.2 Å². The lowest BCUT2D eigenvalue weighted by molar-refractivity contribution is 0.102. The molecular weight excluding hydrogens is 486 g/mol. The number of aryl methyl sites for hydroxylation is 2. The Hall–Kier alpha value is -3.08. The molecule has 11 heteroatoms. The van der Waals surface area contributed by atoms with Crippen molar-refractivity contribution in [2.75, 3.05) is 21.0 Å². The van der Waals surface area contributed by atoms with Crippen LogP contribution in [0.1, 0.15) is 21.5 Å². The lowest BCUT2D eigenvalue weighted by atomic mass is 10.1. The lowest BCUT2D eigenvalue weighted by Crippen LogP contribution is -2.15. The number of hydrogen-bond donors (Lipinski definition) is 3. The van der Waals surface area contributed by atoms with E-state index in [1.807, 2.05) is 32.0 Å². The number of sulfonamides is 2. The summed E-state index contributed by atoms with van der Waals surface area (Å²) in [6.07, 6.45) is 0.992. The smallest absolute Gasteiger partial charge is 0.261 e. The third-order valence-electron chi connectivity index (χ3n) is 4.67. The quantitative estimate of drug-likeness (QED) is 0.438. The number of hydrogen-bond acceptors (Lipinski definition) is 5. The van der Waals surface area contributed by atoms with Crippen LogP contribution in [-0.4, -0.2) is 29.0 Å². The standard InChI is InChI=1S/C22H22ClN3O5S2/c1-14-5-4-6-15(2)21(14)26-33(30,31)18-10-8-17(9-11-18)24-22(27)16-7-12-20(19(23)13-16)25-32(3,28)29/h4-13,25-26H,1-3H3,(H,24,27). The van der Waals surface area contributed by atoms with E-state index >= 15 is 0 Å². The molecule has 3 N–H and O–H groups in total. The molecule has 3 aromatic carbocycles. The van der Waals surface area contributed by atoms with E-state index in [4.69, 9.17) is 11.6 Å². The van der Waals surface area contributed by atoms with Crippen LogP contribution in [0.25, 0.3) is 0 Å². The number of nitrogens with one attached hydrogen (secondary N) is 3. The molecule has 1 amide bonds. The maximum atomic E-state index is 12.8. The summed E-state index contributed by atoms with van der Waals surface area (Å²) in [7, 11) is -7.33. The van der Waals surface area contributed by atoms with E-state index in [2.05, 4.69) is 14.8 Å². The van der Waals surface area contributed by atoms with Gasteiger partial charge in [0.25, 0.3) is 15.9 Å². The van der Waals surface area contributed by atoms with Gasteiger partial charge in [-0.1, -0.05) is 29.8 Å². The number of anilines is 3. The molecule has 0 bridgehead atoms. The summed E-state index contributed by atoms with van der Waals surface area (Å²) in [6.45, 7) is 3.64. The van der Waals surface area contributed by atoms with Gasteiger partial charge in [0.2, 0.25) is 10.0 Å². The minimum atomic E-state index is -3.82. The largest absolute Gasteiger partial charge is 0.322 e. The Morgan fingerprint density at radius 1 is 0.848 bits per heavy atom. The van der Waals surface area contributed by atoms with Crippen molar-refractivity contribution in [3.8, 4) is 0 Å². The average molecular weight is 508 g/mol. The summed E-state index contributed by atoms with van der Waals surface area (Å²) in [5.74, 6) is -0.493. The summed E-state index contributed by atoms with van der Waals surface area (Å²) >= 11 is 6.06. The molecule has 0 spiro atoms. The Labute approximate surface area is 198 Å². The summed E-state index contributed by atoms with van der Waals surface area (Å²) in [5, 5.41) is 2.71. The highest BCUT2D eigenvalue weighted by Gasteiger charge is 2.17. The molecule has 0 fully saturated rings. The highest BCUT2D eigenvalue weighted by Crippen LogP contribution is 2.26. The van der Waals surface area contributed by atoms with Crippen LogP contribution in [0.3, 0.4) is 0 Å². The molecule has 33 heavy (non-hydrogen) atoms. The van der Waals surface area contributed by atoms with E-state index in [9.17, 15) is 21.6 Å². The van der Waals surface area contributed by atoms with Crippen LogP contribution in [-0.2, 0) is 20.0 Å². The number of para-hydroxylation sites is 1. The molecular formula is C22H22ClN3O5S2. The van der Waals surface area contributed by atoms with Crippen molar-refractivity contribution in [2.45, 2.75) is 18.7 Å². The third kappa shape index (κ3) is 6.25. The number of benzene rings is 3. The van der Waals surface area contributed by atoms with Gasteiger partial charge in [0.1, 0.15) is 0 Å². The van der Waals surface area contributed by atoms with Crippen LogP contribution < -0.4 is 14.8 Å². The van der Waals surface area contributed by atoms with Crippen LogP contribution in [0, 0.1) is 13.8 Å². The fraction of sp³-hybridized carbons (Fsp3) is 0.136. The van der Waals surface area contributed by atoms with E-state index in [1.165, 1.54) is 42.5 Å². The first-order valence-corrected chi connectivity index (χ1v) is 13.4. The zero-order chi connectivity index (χ0) is 24.4. The van der Waals surface area contributed by atoms with E-state index in [0.717, 1.165) is 17.4 Å². The van der Waals surface area contributed by atoms with E-state index < -0.39 is 26.0 Å². The zero-order valence-corrected chi connectivity index (χ0v) is 20.4. The van der Waals surface area contributed by atoms with Gasteiger partial charge in [-0.3, -0.25) is 14.2 Å². The Morgan fingerprint density at radius 3 is 2.00 bits per heavy atom. The van der Waals surface area contributed by atoms with Crippen molar-refractivity contribution in [3.05, 3.63) is 82.4 Å². The van der Waals surface area contributed by atoms with Crippen molar-refractivity contribution >= 4 is 54.6 Å². The number of carbonyl (C=O) groups is 1. The molecule has 0 unspecified atom stereocenters. The number of amides is 1. The van der Waals surface area contributed by atoms with Crippen LogP contribution in [0.15, 0.2) is 65.6 Å². The monoisotopic (exact) mass is 507 g/mol. The third-order valence-corrected chi connectivity index (χ3v) is 6.94. The maximum Gasteiger partial charge on any atom is 0.261 e. The fourth-order valence-electron chi connectivity index (χ4n) is 3.03. The second kappa shape index (κ2) is 9.42. The highest BCUT2D eigenvalue weighted by molar-refractivity contribution is 7.92. The van der Waals surface area contributed by atoms with Gasteiger partial charge in [-0.2, -0.15) is 0 Å². The minimum absolute atomic E-state index is 0.0439. The van der Waals surface area contributed by atoms with Gasteiger partial charge >= 0.3 is 0 Å². The first-order valence-electron chi connectivity index (χ1n) is 9.63. The van der Waals surface area contributed by atoms with Crippen LogP contribution >= 0.6 is 11.6 Å². The predicted molar refractivity (Wildman–Crippen MR) is 131 cm³/mol. The minimum Gasteiger partial charge on any atom is -0.322 e. The number of halogens is 1. The van der Waals surface area contributed by atoms with Crippen LogP contribution in [0.2, 0.25) is 5.02 Å². The normalized spacial score (nSPS) is 11.6. The zero-order valence-electron chi connectivity index (χ0n) is 18.0. The van der Waals surface area contributed by atoms with Gasteiger partial charge < -0.3 is 5.32 Å². The molecule has 3 aromatic rings. The van der Waals surface area contributed by atoms with Crippen LogP contribution in [0.4, 0.5) is 17.1 Å². The first kappa shape index (κ1) is 24.6.